The van der Waals surface area contributed by atoms with Gasteiger partial charge in [-0.05, 0) is 57.0 Å². The van der Waals surface area contributed by atoms with Crippen LogP contribution in [0, 0.1) is 5.82 Å². The predicted molar refractivity (Wildman–Crippen MR) is 97.5 cm³/mol. The van der Waals surface area contributed by atoms with Crippen molar-refractivity contribution >= 4 is 10.8 Å². The monoisotopic (exact) mass is 306 g/mol. The molecule has 0 heterocycles. The largest absolute Gasteiger partial charge is 0.207 e. The molecule has 0 atom stereocenters. The van der Waals surface area contributed by atoms with Crippen LogP contribution in [0.1, 0.15) is 50.7 Å². The molecule has 3 rings (SSSR count). The first-order chi connectivity index (χ1) is 11.0. The molecule has 1 heteroatoms. The second-order valence-corrected chi connectivity index (χ2v) is 6.79. The van der Waals surface area contributed by atoms with E-state index in [9.17, 15) is 4.39 Å². The molecule has 0 amide bonds. The molecular weight excluding hydrogens is 283 g/mol. The van der Waals surface area contributed by atoms with Crippen molar-refractivity contribution in [1.29, 1.82) is 0 Å². The Morgan fingerprint density at radius 1 is 0.739 bits per heavy atom. The maximum Gasteiger partial charge on any atom is 0.124 e. The average Bonchev–Trinajstić information content (AvgIpc) is 2.53. The number of fused-ring (bicyclic) bond motifs is 1. The van der Waals surface area contributed by atoms with E-state index >= 15 is 0 Å². The number of halogens is 1. The van der Waals surface area contributed by atoms with Crippen molar-refractivity contribution in [2.45, 2.75) is 39.5 Å². The lowest BCUT2D eigenvalue weighted by Crippen LogP contribution is -2.03. The van der Waals surface area contributed by atoms with E-state index in [0.717, 1.165) is 16.7 Å². The number of benzene rings is 3. The molecule has 0 aliphatic carbocycles. The first-order valence-electron chi connectivity index (χ1n) is 8.30. The van der Waals surface area contributed by atoms with Crippen molar-refractivity contribution in [2.75, 3.05) is 0 Å². The third-order valence-corrected chi connectivity index (χ3v) is 4.46. The predicted octanol–water partition coefficient (Wildman–Crippen LogP) is 6.89. The van der Waals surface area contributed by atoms with Gasteiger partial charge in [0.15, 0.2) is 0 Å². The zero-order valence-electron chi connectivity index (χ0n) is 14.2. The molecule has 0 bridgehead atoms. The third-order valence-electron chi connectivity index (χ3n) is 4.46. The Morgan fingerprint density at radius 3 is 2.13 bits per heavy atom. The molecule has 0 radical (unpaired) electrons. The van der Waals surface area contributed by atoms with Gasteiger partial charge in [0.05, 0.1) is 0 Å². The van der Waals surface area contributed by atoms with Crippen molar-refractivity contribution in [3.63, 3.8) is 0 Å². The smallest absolute Gasteiger partial charge is 0.124 e. The van der Waals surface area contributed by atoms with Gasteiger partial charge in [-0.2, -0.15) is 0 Å². The van der Waals surface area contributed by atoms with Crippen LogP contribution in [-0.4, -0.2) is 0 Å². The highest BCUT2D eigenvalue weighted by Gasteiger charge is 2.18. The third kappa shape index (κ3) is 2.88. The molecule has 0 N–H and O–H groups in total. The Morgan fingerprint density at radius 2 is 1.43 bits per heavy atom. The first-order valence-corrected chi connectivity index (χ1v) is 8.30. The Kier molecular flexibility index (Phi) is 4.21. The summed E-state index contributed by atoms with van der Waals surface area (Å²) in [5, 5.41) is 2.37. The van der Waals surface area contributed by atoms with Gasteiger partial charge in [0, 0.05) is 0 Å². The summed E-state index contributed by atoms with van der Waals surface area (Å²) < 4.78 is 14.3. The van der Waals surface area contributed by atoms with Gasteiger partial charge < -0.3 is 0 Å². The molecule has 0 nitrogen and oxygen atoms in total. The minimum Gasteiger partial charge on any atom is -0.207 e. The number of hydrogen-bond donors (Lipinski definition) is 0. The molecule has 0 saturated heterocycles. The van der Waals surface area contributed by atoms with Crippen LogP contribution in [-0.2, 0) is 0 Å². The lowest BCUT2D eigenvalue weighted by molar-refractivity contribution is 0.621. The summed E-state index contributed by atoms with van der Waals surface area (Å²) in [5.41, 5.74) is 4.52. The van der Waals surface area contributed by atoms with Gasteiger partial charge in [-0.15, -0.1) is 0 Å². The van der Waals surface area contributed by atoms with E-state index in [-0.39, 0.29) is 5.82 Å². The van der Waals surface area contributed by atoms with Crippen molar-refractivity contribution in [3.8, 4) is 11.1 Å². The number of rotatable bonds is 3. The van der Waals surface area contributed by atoms with Crippen molar-refractivity contribution in [3.05, 3.63) is 71.5 Å². The molecule has 0 aromatic heterocycles. The topological polar surface area (TPSA) is 0 Å². The van der Waals surface area contributed by atoms with Crippen molar-refractivity contribution in [2.24, 2.45) is 0 Å². The van der Waals surface area contributed by atoms with Gasteiger partial charge >= 0.3 is 0 Å². The summed E-state index contributed by atoms with van der Waals surface area (Å²) in [5.74, 6) is 0.500. The van der Waals surface area contributed by atoms with Gasteiger partial charge in [-0.25, -0.2) is 4.39 Å². The van der Waals surface area contributed by atoms with E-state index in [4.69, 9.17) is 0 Å². The summed E-state index contributed by atoms with van der Waals surface area (Å²) in [6.45, 7) is 8.64. The Labute approximate surface area is 138 Å². The van der Waals surface area contributed by atoms with E-state index in [1.807, 2.05) is 12.1 Å². The molecule has 0 aliphatic heterocycles. The summed E-state index contributed by atoms with van der Waals surface area (Å²) >= 11 is 0. The van der Waals surface area contributed by atoms with Crippen LogP contribution < -0.4 is 0 Å². The molecule has 0 spiro atoms. The second kappa shape index (κ2) is 6.16. The summed E-state index contributed by atoms with van der Waals surface area (Å²) in [4.78, 5) is 0. The Hall–Kier alpha value is -2.15. The molecule has 23 heavy (non-hydrogen) atoms. The van der Waals surface area contributed by atoms with Crippen LogP contribution in [0.4, 0.5) is 4.39 Å². The summed E-state index contributed by atoms with van der Waals surface area (Å²) in [6, 6.07) is 18.0. The van der Waals surface area contributed by atoms with E-state index in [1.54, 1.807) is 12.1 Å². The maximum atomic E-state index is 14.3. The van der Waals surface area contributed by atoms with E-state index in [0.29, 0.717) is 11.8 Å². The minimum absolute atomic E-state index is 0.152. The van der Waals surface area contributed by atoms with Crippen LogP contribution in [0.2, 0.25) is 0 Å². The van der Waals surface area contributed by atoms with Crippen LogP contribution in [0.5, 0.6) is 0 Å². The molecule has 3 aromatic carbocycles. The summed E-state index contributed by atoms with van der Waals surface area (Å²) in [6.07, 6.45) is 0. The fourth-order valence-electron chi connectivity index (χ4n) is 3.44. The lowest BCUT2D eigenvalue weighted by atomic mass is 9.83. The van der Waals surface area contributed by atoms with E-state index < -0.39 is 0 Å². The molecule has 0 unspecified atom stereocenters. The molecular formula is C22H23F. The van der Waals surface area contributed by atoms with E-state index in [1.165, 1.54) is 16.3 Å². The average molecular weight is 306 g/mol. The van der Waals surface area contributed by atoms with Crippen LogP contribution in [0.25, 0.3) is 21.9 Å². The SMILES string of the molecule is CC(C)c1cc(F)cc(-c2cccc3ccccc23)c1C(C)C. The van der Waals surface area contributed by atoms with Gasteiger partial charge in [-0.3, -0.25) is 0 Å². The fraction of sp³-hybridized carbons (Fsp3) is 0.273. The zero-order valence-corrected chi connectivity index (χ0v) is 14.2. The van der Waals surface area contributed by atoms with Gasteiger partial charge in [0.2, 0.25) is 0 Å². The first kappa shape index (κ1) is 15.7. The zero-order chi connectivity index (χ0) is 16.6. The quantitative estimate of drug-likeness (QED) is 0.494. The molecule has 118 valence electrons. The minimum atomic E-state index is -0.152. The van der Waals surface area contributed by atoms with Gasteiger partial charge in [-0.1, -0.05) is 70.2 Å². The highest BCUT2D eigenvalue weighted by atomic mass is 19.1. The Balaban J connectivity index is 2.38. The lowest BCUT2D eigenvalue weighted by Gasteiger charge is -2.21. The Bertz CT molecular complexity index is 838. The summed E-state index contributed by atoms with van der Waals surface area (Å²) in [7, 11) is 0. The highest BCUT2D eigenvalue weighted by molar-refractivity contribution is 5.97. The molecule has 0 aliphatic rings. The second-order valence-electron chi connectivity index (χ2n) is 6.79. The van der Waals surface area contributed by atoms with Crippen molar-refractivity contribution in [1.82, 2.24) is 0 Å². The van der Waals surface area contributed by atoms with Crippen LogP contribution in [0.15, 0.2) is 54.6 Å². The van der Waals surface area contributed by atoms with Gasteiger partial charge in [0.25, 0.3) is 0 Å². The highest BCUT2D eigenvalue weighted by Crippen LogP contribution is 2.38. The van der Waals surface area contributed by atoms with Crippen molar-refractivity contribution < 1.29 is 4.39 Å². The fourth-order valence-corrected chi connectivity index (χ4v) is 3.44. The standard InChI is InChI=1S/C22H23F/c1-14(2)20-12-17(23)13-21(22(20)15(3)4)19-11-7-9-16-8-5-6-10-18(16)19/h5-15H,1-4H3. The van der Waals surface area contributed by atoms with Gasteiger partial charge in [0.1, 0.15) is 5.82 Å². The number of hydrogen-bond acceptors (Lipinski definition) is 0. The van der Waals surface area contributed by atoms with E-state index in [2.05, 4.69) is 58.0 Å². The molecule has 3 aromatic rings. The normalized spacial score (nSPS) is 11.6. The molecule has 0 saturated carbocycles. The molecule has 0 fully saturated rings. The van der Waals surface area contributed by atoms with Crippen LogP contribution in [0.3, 0.4) is 0 Å². The van der Waals surface area contributed by atoms with Crippen LogP contribution >= 0.6 is 0 Å². The maximum absolute atomic E-state index is 14.3.